The van der Waals surface area contributed by atoms with Crippen LogP contribution in [-0.2, 0) is 16.1 Å². The predicted molar refractivity (Wildman–Crippen MR) is 113 cm³/mol. The van der Waals surface area contributed by atoms with Crippen LogP contribution in [0.5, 0.6) is 0 Å². The topological polar surface area (TPSA) is 50.1 Å². The smallest absolute Gasteiger partial charge is 0.133 e. The highest BCUT2D eigenvalue weighted by Gasteiger charge is 2.56. The average Bonchev–Trinajstić information content (AvgIpc) is 2.62. The molecule has 1 saturated carbocycles. The summed E-state index contributed by atoms with van der Waals surface area (Å²) in [5.41, 5.74) is 1.10. The Bertz CT molecular complexity index is 712. The van der Waals surface area contributed by atoms with Crippen LogP contribution in [0.1, 0.15) is 52.0 Å². The number of carbonyl (C=O) groups excluding carboxylic acids is 1. The molecule has 1 aliphatic rings. The van der Waals surface area contributed by atoms with Gasteiger partial charge in [0.25, 0.3) is 0 Å². The molecule has 0 amide bonds. The number of nitrogens with zero attached hydrogens (tertiary/aromatic N) is 1. The van der Waals surface area contributed by atoms with Gasteiger partial charge >= 0.3 is 0 Å². The van der Waals surface area contributed by atoms with Crippen LogP contribution in [0.4, 0.5) is 0 Å². The lowest BCUT2D eigenvalue weighted by Crippen LogP contribution is -2.52. The number of allylic oxidation sites excluding steroid dienone is 1. The van der Waals surface area contributed by atoms with E-state index in [1.165, 1.54) is 0 Å². The fourth-order valence-corrected chi connectivity index (χ4v) is 7.30. The largest absolute Gasteiger partial charge is 0.497 e. The van der Waals surface area contributed by atoms with Crippen LogP contribution in [-0.4, -0.2) is 13.9 Å². The van der Waals surface area contributed by atoms with Gasteiger partial charge < -0.3 is 4.74 Å². The molecule has 2 unspecified atom stereocenters. The maximum atomic E-state index is 12.2. The highest BCUT2D eigenvalue weighted by atomic mass is 28.3. The Hall–Kier alpha value is -1.86. The van der Waals surface area contributed by atoms with E-state index >= 15 is 0 Å². The molecular formula is C23H33NO2Si. The molecule has 2 atom stereocenters. The van der Waals surface area contributed by atoms with Crippen molar-refractivity contribution in [3.05, 3.63) is 48.2 Å². The molecule has 1 aromatic rings. The van der Waals surface area contributed by atoms with Crippen LogP contribution in [0.15, 0.2) is 42.7 Å². The Labute approximate surface area is 165 Å². The van der Waals surface area contributed by atoms with E-state index in [0.717, 1.165) is 18.4 Å². The lowest BCUT2D eigenvalue weighted by Gasteiger charge is -2.51. The Morgan fingerprint density at radius 3 is 2.48 bits per heavy atom. The summed E-state index contributed by atoms with van der Waals surface area (Å²) in [6.07, 6.45) is 6.72. The monoisotopic (exact) mass is 383 g/mol. The first-order chi connectivity index (χ1) is 12.6. The predicted octanol–water partition coefficient (Wildman–Crippen LogP) is 6.25. The third-order valence-electron chi connectivity index (χ3n) is 6.74. The third kappa shape index (κ3) is 4.52. The second kappa shape index (κ2) is 8.44. The van der Waals surface area contributed by atoms with Gasteiger partial charge in [-0.25, -0.2) is 0 Å². The van der Waals surface area contributed by atoms with Gasteiger partial charge in [-0.2, -0.15) is 5.26 Å². The molecule has 27 heavy (non-hydrogen) atoms. The fourth-order valence-electron chi connectivity index (χ4n) is 4.03. The maximum Gasteiger partial charge on any atom is 0.133 e. The Morgan fingerprint density at radius 2 is 1.93 bits per heavy atom. The number of carbonyl (C=O) groups is 1. The first kappa shape index (κ1) is 21.4. The number of Topliss-reactive ketones (excluding diaryl/α,β-unsaturated/α-hetero) is 1. The number of hydrogen-bond donors (Lipinski definition) is 0. The number of hydrogen-bond acceptors (Lipinski definition) is 3. The van der Waals surface area contributed by atoms with E-state index < -0.39 is 13.1 Å². The maximum absolute atomic E-state index is 12.2. The number of ketones is 1. The van der Waals surface area contributed by atoms with Crippen LogP contribution in [0, 0.1) is 17.2 Å². The van der Waals surface area contributed by atoms with Gasteiger partial charge in [0, 0.05) is 12.8 Å². The lowest BCUT2D eigenvalue weighted by molar-refractivity contribution is -0.121. The van der Waals surface area contributed by atoms with Gasteiger partial charge in [0.1, 0.15) is 12.4 Å². The molecule has 0 aliphatic heterocycles. The van der Waals surface area contributed by atoms with Crippen LogP contribution in [0.2, 0.25) is 23.2 Å². The van der Waals surface area contributed by atoms with Gasteiger partial charge in [0.05, 0.1) is 25.4 Å². The summed E-state index contributed by atoms with van der Waals surface area (Å²) < 4.78 is 5.81. The second-order valence-corrected chi connectivity index (χ2v) is 14.9. The summed E-state index contributed by atoms with van der Waals surface area (Å²) in [5.74, 6) is 0.379. The van der Waals surface area contributed by atoms with E-state index in [-0.39, 0.29) is 11.0 Å². The molecule has 0 bridgehead atoms. The van der Waals surface area contributed by atoms with E-state index in [2.05, 4.69) is 39.9 Å². The molecule has 0 aromatic heterocycles. The summed E-state index contributed by atoms with van der Waals surface area (Å²) >= 11 is 0. The molecule has 0 radical (unpaired) electrons. The molecule has 0 spiro atoms. The van der Waals surface area contributed by atoms with Crippen molar-refractivity contribution in [1.29, 1.82) is 5.26 Å². The minimum absolute atomic E-state index is 0.0347. The van der Waals surface area contributed by atoms with E-state index in [1.807, 2.05) is 36.4 Å². The molecule has 2 rings (SSSR count). The molecule has 1 aromatic carbocycles. The zero-order chi connectivity index (χ0) is 20.1. The number of nitriles is 1. The highest BCUT2D eigenvalue weighted by Crippen LogP contribution is 2.59. The summed E-state index contributed by atoms with van der Waals surface area (Å²) in [6, 6.07) is 12.7. The van der Waals surface area contributed by atoms with Crippen LogP contribution in [0.3, 0.4) is 0 Å². The summed E-state index contributed by atoms with van der Waals surface area (Å²) in [5, 5.41) is 9.82. The van der Waals surface area contributed by atoms with Crippen molar-refractivity contribution in [3.8, 4) is 6.07 Å². The van der Waals surface area contributed by atoms with Crippen molar-refractivity contribution in [3.63, 3.8) is 0 Å². The molecule has 146 valence electrons. The van der Waals surface area contributed by atoms with Gasteiger partial charge in [0.2, 0.25) is 0 Å². The SMILES string of the molecule is CC(C)(C)[Si](C)(C)C(C#N)(/C=C\OCc1ccccc1)C1CCCC(=O)C1. The van der Waals surface area contributed by atoms with Crippen LogP contribution in [0.25, 0.3) is 0 Å². The van der Waals surface area contributed by atoms with Crippen LogP contribution >= 0.6 is 0 Å². The van der Waals surface area contributed by atoms with E-state index in [0.29, 0.717) is 25.2 Å². The minimum Gasteiger partial charge on any atom is -0.497 e. The molecule has 1 fully saturated rings. The van der Waals surface area contributed by atoms with Crippen molar-refractivity contribution < 1.29 is 9.53 Å². The zero-order valence-electron chi connectivity index (χ0n) is 17.4. The first-order valence-corrected chi connectivity index (χ1v) is 12.9. The average molecular weight is 384 g/mol. The molecule has 0 saturated heterocycles. The van der Waals surface area contributed by atoms with E-state index in [9.17, 15) is 10.1 Å². The zero-order valence-corrected chi connectivity index (χ0v) is 18.4. The Morgan fingerprint density at radius 1 is 1.26 bits per heavy atom. The summed E-state index contributed by atoms with van der Waals surface area (Å²) in [6.45, 7) is 11.8. The normalized spacial score (nSPS) is 20.9. The van der Waals surface area contributed by atoms with Gasteiger partial charge in [-0.15, -0.1) is 0 Å². The third-order valence-corrected chi connectivity index (χ3v) is 13.2. The van der Waals surface area contributed by atoms with Crippen molar-refractivity contribution >= 4 is 13.9 Å². The van der Waals surface area contributed by atoms with E-state index in [4.69, 9.17) is 4.74 Å². The molecule has 4 heteroatoms. The fraction of sp³-hybridized carbons (Fsp3) is 0.565. The van der Waals surface area contributed by atoms with Gasteiger partial charge in [0.15, 0.2) is 0 Å². The molecule has 3 nitrogen and oxygen atoms in total. The number of rotatable bonds is 6. The first-order valence-electron chi connectivity index (χ1n) is 9.90. The number of ether oxygens (including phenoxy) is 1. The molecule has 0 N–H and O–H groups in total. The summed E-state index contributed by atoms with van der Waals surface area (Å²) in [4.78, 5) is 12.2. The highest BCUT2D eigenvalue weighted by molar-refractivity contribution is 6.84. The standard InChI is InChI=1S/C23H33NO2Si/c1-22(2,3)27(4,5)23(18-24,20-12-9-13-21(25)16-20)14-15-26-17-19-10-7-6-8-11-19/h6-8,10-11,14-15,20H,9,12-13,16-17H2,1-5H3/b15-14-. The van der Waals surface area contributed by atoms with Gasteiger partial charge in [-0.05, 0) is 35.4 Å². The van der Waals surface area contributed by atoms with Crippen LogP contribution < -0.4 is 0 Å². The molecule has 1 aliphatic carbocycles. The Kier molecular flexibility index (Phi) is 6.70. The van der Waals surface area contributed by atoms with Crippen molar-refractivity contribution in [2.24, 2.45) is 5.92 Å². The Balaban J connectivity index is 2.32. The quantitative estimate of drug-likeness (QED) is 0.431. The summed E-state index contributed by atoms with van der Waals surface area (Å²) in [7, 11) is -2.11. The molecule has 0 heterocycles. The van der Waals surface area contributed by atoms with Crippen molar-refractivity contribution in [1.82, 2.24) is 0 Å². The number of benzene rings is 1. The van der Waals surface area contributed by atoms with Gasteiger partial charge in [-0.3, -0.25) is 4.79 Å². The van der Waals surface area contributed by atoms with Gasteiger partial charge in [-0.1, -0.05) is 64.2 Å². The minimum atomic E-state index is -2.11. The molecular weight excluding hydrogens is 350 g/mol. The lowest BCUT2D eigenvalue weighted by atomic mass is 9.79. The van der Waals surface area contributed by atoms with Crippen molar-refractivity contribution in [2.45, 2.75) is 76.2 Å². The second-order valence-electron chi connectivity index (χ2n) is 9.29. The van der Waals surface area contributed by atoms with Crippen molar-refractivity contribution in [2.75, 3.05) is 0 Å². The van der Waals surface area contributed by atoms with E-state index in [1.54, 1.807) is 6.26 Å².